The molecular weight excluding hydrogens is 424 g/mol. The number of carbonyl (C=O) groups is 2. The van der Waals surface area contributed by atoms with Gasteiger partial charge >= 0.3 is 0 Å². The Kier molecular flexibility index (Phi) is 8.57. The van der Waals surface area contributed by atoms with E-state index in [-0.39, 0.29) is 31.0 Å². The fourth-order valence-corrected chi connectivity index (χ4v) is 4.40. The monoisotopic (exact) mass is 456 g/mol. The lowest BCUT2D eigenvalue weighted by molar-refractivity contribution is -0.143. The maximum absolute atomic E-state index is 13.3. The van der Waals surface area contributed by atoms with Crippen molar-refractivity contribution in [1.29, 1.82) is 0 Å². The van der Waals surface area contributed by atoms with Crippen molar-refractivity contribution in [2.45, 2.75) is 71.5 Å². The van der Waals surface area contributed by atoms with Crippen LogP contribution in [0, 0.1) is 13.8 Å². The first-order chi connectivity index (χ1) is 15.4. The molecule has 0 radical (unpaired) electrons. The number of halogens is 1. The minimum Gasteiger partial charge on any atom is -0.483 e. The fraction of sp³-hybridized carbons (Fsp3) is 0.462. The first-order valence-electron chi connectivity index (χ1n) is 11.4. The Balaban J connectivity index is 1.79. The van der Waals surface area contributed by atoms with Crippen molar-refractivity contribution < 1.29 is 14.3 Å². The predicted octanol–water partition coefficient (Wildman–Crippen LogP) is 5.20. The SMILES string of the molecule is CC[C@@H](C(=O)NC1CCCC1)N(Cc1ccccc1Cl)C(=O)COc1cccc(C)c1C. The molecule has 0 saturated heterocycles. The van der Waals surface area contributed by atoms with Crippen LogP contribution in [-0.2, 0) is 16.1 Å². The Labute approximate surface area is 196 Å². The number of ether oxygens (including phenoxy) is 1. The van der Waals surface area contributed by atoms with Crippen molar-refractivity contribution in [2.75, 3.05) is 6.61 Å². The van der Waals surface area contributed by atoms with Crippen LogP contribution in [-0.4, -0.2) is 35.4 Å². The van der Waals surface area contributed by atoms with Crippen LogP contribution in [0.3, 0.4) is 0 Å². The second-order valence-electron chi connectivity index (χ2n) is 8.51. The van der Waals surface area contributed by atoms with Gasteiger partial charge in [-0.3, -0.25) is 9.59 Å². The van der Waals surface area contributed by atoms with E-state index in [2.05, 4.69) is 5.32 Å². The molecule has 1 N–H and O–H groups in total. The molecular formula is C26H33ClN2O3. The Bertz CT molecular complexity index is 940. The van der Waals surface area contributed by atoms with Crippen molar-refractivity contribution in [3.63, 3.8) is 0 Å². The van der Waals surface area contributed by atoms with E-state index in [0.29, 0.717) is 17.2 Å². The van der Waals surface area contributed by atoms with Gasteiger partial charge in [-0.15, -0.1) is 0 Å². The van der Waals surface area contributed by atoms with E-state index < -0.39 is 6.04 Å². The van der Waals surface area contributed by atoms with Gasteiger partial charge in [0.2, 0.25) is 5.91 Å². The average molecular weight is 457 g/mol. The zero-order valence-electron chi connectivity index (χ0n) is 19.2. The molecule has 1 aliphatic carbocycles. The van der Waals surface area contributed by atoms with Crippen LogP contribution in [0.5, 0.6) is 5.75 Å². The number of nitrogens with one attached hydrogen (secondary N) is 1. The molecule has 2 aromatic carbocycles. The minimum absolute atomic E-state index is 0.105. The topological polar surface area (TPSA) is 58.6 Å². The van der Waals surface area contributed by atoms with Crippen LogP contribution < -0.4 is 10.1 Å². The molecule has 2 amide bonds. The lowest BCUT2D eigenvalue weighted by atomic mass is 10.1. The van der Waals surface area contributed by atoms with Crippen molar-refractivity contribution in [2.24, 2.45) is 0 Å². The van der Waals surface area contributed by atoms with Gasteiger partial charge in [0.15, 0.2) is 6.61 Å². The summed E-state index contributed by atoms with van der Waals surface area (Å²) in [4.78, 5) is 28.1. The Hall–Kier alpha value is -2.53. The highest BCUT2D eigenvalue weighted by Gasteiger charge is 2.31. The van der Waals surface area contributed by atoms with Gasteiger partial charge in [0.05, 0.1) is 0 Å². The number of amides is 2. The molecule has 6 heteroatoms. The smallest absolute Gasteiger partial charge is 0.261 e. The van der Waals surface area contributed by atoms with Crippen molar-refractivity contribution >= 4 is 23.4 Å². The molecule has 0 aromatic heterocycles. The zero-order chi connectivity index (χ0) is 23.1. The molecule has 3 rings (SSSR count). The van der Waals surface area contributed by atoms with Crippen LogP contribution in [0.2, 0.25) is 5.02 Å². The summed E-state index contributed by atoms with van der Waals surface area (Å²) in [6.45, 7) is 6.03. The van der Waals surface area contributed by atoms with Crippen LogP contribution in [0.25, 0.3) is 0 Å². The number of aryl methyl sites for hydroxylation is 1. The normalized spacial score (nSPS) is 14.8. The fourth-order valence-electron chi connectivity index (χ4n) is 4.20. The molecule has 1 fully saturated rings. The number of nitrogens with zero attached hydrogens (tertiary/aromatic N) is 1. The summed E-state index contributed by atoms with van der Waals surface area (Å²) >= 11 is 6.38. The van der Waals surface area contributed by atoms with E-state index in [9.17, 15) is 9.59 Å². The second-order valence-corrected chi connectivity index (χ2v) is 8.92. The van der Waals surface area contributed by atoms with E-state index in [4.69, 9.17) is 16.3 Å². The first kappa shape index (κ1) is 24.1. The highest BCUT2D eigenvalue weighted by Crippen LogP contribution is 2.23. The summed E-state index contributed by atoms with van der Waals surface area (Å²) in [5.74, 6) is 0.338. The van der Waals surface area contributed by atoms with Gasteiger partial charge in [0, 0.05) is 17.6 Å². The van der Waals surface area contributed by atoms with E-state index in [1.165, 1.54) is 0 Å². The van der Waals surface area contributed by atoms with Crippen molar-refractivity contribution in [1.82, 2.24) is 10.2 Å². The van der Waals surface area contributed by atoms with E-state index in [1.807, 2.05) is 57.2 Å². The van der Waals surface area contributed by atoms with Gasteiger partial charge in [-0.1, -0.05) is 61.7 Å². The summed E-state index contributed by atoms with van der Waals surface area (Å²) < 4.78 is 5.88. The van der Waals surface area contributed by atoms with Crippen LogP contribution in [0.15, 0.2) is 42.5 Å². The second kappa shape index (κ2) is 11.4. The van der Waals surface area contributed by atoms with E-state index in [0.717, 1.165) is 42.4 Å². The number of rotatable bonds is 9. The Morgan fingerprint density at radius 2 is 1.84 bits per heavy atom. The maximum Gasteiger partial charge on any atom is 0.261 e. The lowest BCUT2D eigenvalue weighted by Crippen LogP contribution is -2.52. The predicted molar refractivity (Wildman–Crippen MR) is 128 cm³/mol. The third-order valence-corrected chi connectivity index (χ3v) is 6.66. The van der Waals surface area contributed by atoms with Crippen molar-refractivity contribution in [3.05, 3.63) is 64.2 Å². The summed E-state index contributed by atoms with van der Waals surface area (Å²) in [6, 6.07) is 12.8. The van der Waals surface area contributed by atoms with Crippen LogP contribution in [0.1, 0.15) is 55.7 Å². The highest BCUT2D eigenvalue weighted by molar-refractivity contribution is 6.31. The number of hydrogen-bond acceptors (Lipinski definition) is 3. The molecule has 1 aliphatic rings. The molecule has 1 atom stereocenters. The van der Waals surface area contributed by atoms with Crippen LogP contribution in [0.4, 0.5) is 0 Å². The summed E-state index contributed by atoms with van der Waals surface area (Å²) in [5.41, 5.74) is 2.91. The molecule has 32 heavy (non-hydrogen) atoms. The average Bonchev–Trinajstić information content (AvgIpc) is 3.28. The van der Waals surface area contributed by atoms with Gasteiger partial charge in [-0.05, 0) is 61.9 Å². The molecule has 5 nitrogen and oxygen atoms in total. The molecule has 0 spiro atoms. The molecule has 1 saturated carbocycles. The number of benzene rings is 2. The number of hydrogen-bond donors (Lipinski definition) is 1. The maximum atomic E-state index is 13.3. The van der Waals surface area contributed by atoms with Gasteiger partial charge in [-0.2, -0.15) is 0 Å². The zero-order valence-corrected chi connectivity index (χ0v) is 20.0. The number of carbonyl (C=O) groups excluding carboxylic acids is 2. The highest BCUT2D eigenvalue weighted by atomic mass is 35.5. The largest absolute Gasteiger partial charge is 0.483 e. The van der Waals surface area contributed by atoms with Gasteiger partial charge in [0.1, 0.15) is 11.8 Å². The molecule has 0 unspecified atom stereocenters. The van der Waals surface area contributed by atoms with Crippen molar-refractivity contribution in [3.8, 4) is 5.75 Å². The molecule has 172 valence electrons. The van der Waals surface area contributed by atoms with E-state index in [1.54, 1.807) is 11.0 Å². The first-order valence-corrected chi connectivity index (χ1v) is 11.8. The third kappa shape index (κ3) is 6.04. The lowest BCUT2D eigenvalue weighted by Gasteiger charge is -2.31. The summed E-state index contributed by atoms with van der Waals surface area (Å²) in [7, 11) is 0. The molecule has 0 bridgehead atoms. The van der Waals surface area contributed by atoms with Gasteiger partial charge < -0.3 is 15.0 Å². The van der Waals surface area contributed by atoms with E-state index >= 15 is 0 Å². The summed E-state index contributed by atoms with van der Waals surface area (Å²) in [6.07, 6.45) is 4.77. The van der Waals surface area contributed by atoms with Crippen LogP contribution >= 0.6 is 11.6 Å². The molecule has 0 aliphatic heterocycles. The Morgan fingerprint density at radius 3 is 2.53 bits per heavy atom. The molecule has 0 heterocycles. The molecule has 2 aromatic rings. The summed E-state index contributed by atoms with van der Waals surface area (Å²) in [5, 5.41) is 3.73. The quantitative estimate of drug-likeness (QED) is 0.564. The minimum atomic E-state index is -0.582. The van der Waals surface area contributed by atoms with Gasteiger partial charge in [-0.25, -0.2) is 0 Å². The standard InChI is InChI=1S/C26H33ClN2O3/c1-4-23(26(31)28-21-12-6-7-13-21)29(16-20-11-5-8-14-22(20)27)25(30)17-32-24-15-9-10-18(2)19(24)3/h5,8-11,14-15,21,23H,4,6-7,12-13,16-17H2,1-3H3,(H,28,31)/t23-/m0/s1. The third-order valence-electron chi connectivity index (χ3n) is 6.29. The van der Waals surface area contributed by atoms with Gasteiger partial charge in [0.25, 0.3) is 5.91 Å². The Morgan fingerprint density at radius 1 is 1.12 bits per heavy atom.